The quantitative estimate of drug-likeness (QED) is 0.818. The average Bonchev–Trinajstić information content (AvgIpc) is 2.70. The molecule has 1 fully saturated rings. The minimum atomic E-state index is 0.00537. The Morgan fingerprint density at radius 1 is 0.963 bits per heavy atom. The van der Waals surface area contributed by atoms with Crippen LogP contribution in [-0.2, 0) is 16.0 Å². The first-order valence-electron chi connectivity index (χ1n) is 9.28. The van der Waals surface area contributed by atoms with Gasteiger partial charge in [-0.3, -0.25) is 9.59 Å². The summed E-state index contributed by atoms with van der Waals surface area (Å²) in [5.41, 5.74) is 3.09. The van der Waals surface area contributed by atoms with Crippen LogP contribution in [-0.4, -0.2) is 49.4 Å². The number of rotatable bonds is 3. The largest absolute Gasteiger partial charge is 0.368 e. The van der Waals surface area contributed by atoms with E-state index in [0.29, 0.717) is 24.5 Å². The molecule has 2 amide bonds. The van der Waals surface area contributed by atoms with Crippen LogP contribution in [0.1, 0.15) is 12.0 Å². The van der Waals surface area contributed by atoms with Gasteiger partial charge in [-0.15, -0.1) is 0 Å². The molecular weight excluding hydrogens is 362 g/mol. The van der Waals surface area contributed by atoms with E-state index in [4.69, 9.17) is 11.6 Å². The highest BCUT2D eigenvalue weighted by molar-refractivity contribution is 6.30. The predicted molar refractivity (Wildman–Crippen MR) is 107 cm³/mol. The van der Waals surface area contributed by atoms with Crippen molar-refractivity contribution in [2.45, 2.75) is 12.8 Å². The molecule has 0 radical (unpaired) electrons. The van der Waals surface area contributed by atoms with E-state index < -0.39 is 0 Å². The smallest absolute Gasteiger partial charge is 0.242 e. The summed E-state index contributed by atoms with van der Waals surface area (Å²) in [6.45, 7) is 2.93. The van der Waals surface area contributed by atoms with Gasteiger partial charge in [0.25, 0.3) is 0 Å². The molecule has 5 nitrogen and oxygen atoms in total. The predicted octanol–water partition coefficient (Wildman–Crippen LogP) is 2.97. The zero-order valence-corrected chi connectivity index (χ0v) is 15.9. The van der Waals surface area contributed by atoms with Crippen molar-refractivity contribution in [3.8, 4) is 0 Å². The molecule has 0 N–H and O–H groups in total. The van der Waals surface area contributed by atoms with E-state index in [-0.39, 0.29) is 18.4 Å². The molecule has 0 unspecified atom stereocenters. The van der Waals surface area contributed by atoms with Crippen molar-refractivity contribution in [3.63, 3.8) is 0 Å². The molecule has 0 aromatic heterocycles. The van der Waals surface area contributed by atoms with Crippen LogP contribution in [0.3, 0.4) is 0 Å². The number of benzene rings is 2. The molecular formula is C21H22ClN3O2. The second kappa shape index (κ2) is 7.61. The van der Waals surface area contributed by atoms with Crippen LogP contribution in [0, 0.1) is 0 Å². The van der Waals surface area contributed by atoms with Crippen molar-refractivity contribution < 1.29 is 9.59 Å². The van der Waals surface area contributed by atoms with Gasteiger partial charge in [0.2, 0.25) is 11.8 Å². The molecule has 0 atom stereocenters. The minimum Gasteiger partial charge on any atom is -0.368 e. The van der Waals surface area contributed by atoms with Crippen molar-refractivity contribution in [2.75, 3.05) is 42.5 Å². The molecule has 2 aliphatic rings. The van der Waals surface area contributed by atoms with Crippen LogP contribution in [0.4, 0.5) is 11.4 Å². The average molecular weight is 384 g/mol. The number of nitrogens with zero attached hydrogens (tertiary/aromatic N) is 3. The van der Waals surface area contributed by atoms with E-state index in [1.165, 1.54) is 0 Å². The second-order valence-electron chi connectivity index (χ2n) is 6.96. The summed E-state index contributed by atoms with van der Waals surface area (Å²) in [4.78, 5) is 30.9. The number of carbonyl (C=O) groups excluding carboxylic acids is 2. The van der Waals surface area contributed by atoms with Gasteiger partial charge in [0.15, 0.2) is 0 Å². The van der Waals surface area contributed by atoms with Crippen LogP contribution < -0.4 is 9.80 Å². The molecule has 2 aliphatic heterocycles. The topological polar surface area (TPSA) is 43.9 Å². The van der Waals surface area contributed by atoms with Gasteiger partial charge in [-0.05, 0) is 36.2 Å². The number of hydrogen-bond donors (Lipinski definition) is 0. The maximum absolute atomic E-state index is 12.8. The first-order valence-corrected chi connectivity index (χ1v) is 9.66. The molecule has 2 heterocycles. The van der Waals surface area contributed by atoms with E-state index in [1.54, 1.807) is 4.90 Å². The lowest BCUT2D eigenvalue weighted by molar-refractivity contribution is -0.131. The van der Waals surface area contributed by atoms with Gasteiger partial charge >= 0.3 is 0 Å². The molecule has 2 aromatic rings. The number of amides is 2. The Kier molecular flexibility index (Phi) is 5.03. The Balaban J connectivity index is 1.39. The number of piperazine rings is 1. The summed E-state index contributed by atoms with van der Waals surface area (Å²) >= 11 is 6.08. The molecule has 4 rings (SSSR count). The first kappa shape index (κ1) is 17.9. The van der Waals surface area contributed by atoms with Crippen molar-refractivity contribution in [1.82, 2.24) is 4.90 Å². The van der Waals surface area contributed by atoms with Crippen LogP contribution >= 0.6 is 11.6 Å². The fourth-order valence-electron chi connectivity index (χ4n) is 3.79. The Morgan fingerprint density at radius 2 is 1.74 bits per heavy atom. The monoisotopic (exact) mass is 383 g/mol. The fraction of sp³-hybridized carbons (Fsp3) is 0.333. The summed E-state index contributed by atoms with van der Waals surface area (Å²) in [7, 11) is 0. The summed E-state index contributed by atoms with van der Waals surface area (Å²) in [5.74, 6) is 0.0328. The van der Waals surface area contributed by atoms with E-state index in [2.05, 4.69) is 4.90 Å². The van der Waals surface area contributed by atoms with Crippen LogP contribution in [0.25, 0.3) is 0 Å². The van der Waals surface area contributed by atoms with Crippen molar-refractivity contribution in [3.05, 3.63) is 59.1 Å². The van der Waals surface area contributed by atoms with Gasteiger partial charge in [-0.2, -0.15) is 0 Å². The van der Waals surface area contributed by atoms with Crippen LogP contribution in [0.5, 0.6) is 0 Å². The zero-order chi connectivity index (χ0) is 18.8. The Bertz CT molecular complexity index is 862. The standard InChI is InChI=1S/C21H22ClN3O2/c22-17-5-3-6-18(14-17)23-10-12-24(13-11-23)21(27)15-25-19-7-2-1-4-16(19)8-9-20(25)26/h1-7,14H,8-13,15H2. The molecule has 1 saturated heterocycles. The van der Waals surface area contributed by atoms with Gasteiger partial charge < -0.3 is 14.7 Å². The number of fused-ring (bicyclic) bond motifs is 1. The lowest BCUT2D eigenvalue weighted by Gasteiger charge is -2.37. The van der Waals surface area contributed by atoms with Crippen LogP contribution in [0.2, 0.25) is 5.02 Å². The molecule has 0 bridgehead atoms. The fourth-order valence-corrected chi connectivity index (χ4v) is 3.98. The molecule has 140 valence electrons. The number of aryl methyl sites for hydroxylation is 1. The number of para-hydroxylation sites is 1. The van der Waals surface area contributed by atoms with E-state index in [9.17, 15) is 9.59 Å². The molecule has 27 heavy (non-hydrogen) atoms. The Labute approximate surface area is 164 Å². The molecule has 0 spiro atoms. The third-order valence-corrected chi connectivity index (χ3v) is 5.53. The van der Waals surface area contributed by atoms with E-state index in [1.807, 2.05) is 53.4 Å². The molecule has 0 saturated carbocycles. The number of hydrogen-bond acceptors (Lipinski definition) is 3. The molecule has 2 aromatic carbocycles. The summed E-state index contributed by atoms with van der Waals surface area (Å²) < 4.78 is 0. The van der Waals surface area contributed by atoms with Gasteiger partial charge in [0.1, 0.15) is 6.54 Å². The highest BCUT2D eigenvalue weighted by Gasteiger charge is 2.28. The third kappa shape index (κ3) is 3.78. The number of anilines is 2. The molecule has 0 aliphatic carbocycles. The number of carbonyl (C=O) groups is 2. The van der Waals surface area contributed by atoms with Crippen molar-refractivity contribution >= 4 is 34.8 Å². The van der Waals surface area contributed by atoms with E-state index >= 15 is 0 Å². The first-order chi connectivity index (χ1) is 13.1. The maximum atomic E-state index is 12.8. The van der Waals surface area contributed by atoms with Crippen molar-refractivity contribution in [1.29, 1.82) is 0 Å². The minimum absolute atomic E-state index is 0.00537. The summed E-state index contributed by atoms with van der Waals surface area (Å²) in [6.07, 6.45) is 1.21. The third-order valence-electron chi connectivity index (χ3n) is 5.29. The lowest BCUT2D eigenvalue weighted by atomic mass is 10.0. The summed E-state index contributed by atoms with van der Waals surface area (Å²) in [6, 6.07) is 15.6. The van der Waals surface area contributed by atoms with Gasteiger partial charge in [0.05, 0.1) is 0 Å². The SMILES string of the molecule is O=C(CN1C(=O)CCc2ccccc21)N1CCN(c2cccc(Cl)c2)CC1. The lowest BCUT2D eigenvalue weighted by Crippen LogP contribution is -2.52. The van der Waals surface area contributed by atoms with Crippen molar-refractivity contribution in [2.24, 2.45) is 0 Å². The normalized spacial score (nSPS) is 17.1. The second-order valence-corrected chi connectivity index (χ2v) is 7.39. The Morgan fingerprint density at radius 3 is 2.52 bits per heavy atom. The summed E-state index contributed by atoms with van der Waals surface area (Å²) in [5, 5.41) is 0.716. The Hall–Kier alpha value is -2.53. The van der Waals surface area contributed by atoms with Gasteiger partial charge in [0, 0.05) is 49.0 Å². The van der Waals surface area contributed by atoms with E-state index in [0.717, 1.165) is 36.4 Å². The maximum Gasteiger partial charge on any atom is 0.242 e. The van der Waals surface area contributed by atoms with Gasteiger partial charge in [-0.1, -0.05) is 35.9 Å². The van der Waals surface area contributed by atoms with Gasteiger partial charge in [-0.25, -0.2) is 0 Å². The highest BCUT2D eigenvalue weighted by Crippen LogP contribution is 2.27. The zero-order valence-electron chi connectivity index (χ0n) is 15.1. The number of halogens is 1. The highest BCUT2D eigenvalue weighted by atomic mass is 35.5. The van der Waals surface area contributed by atoms with Crippen LogP contribution in [0.15, 0.2) is 48.5 Å². The molecule has 6 heteroatoms.